The third-order valence-corrected chi connectivity index (χ3v) is 2.07. The summed E-state index contributed by atoms with van der Waals surface area (Å²) in [6, 6.07) is 1.08. The summed E-state index contributed by atoms with van der Waals surface area (Å²) in [4.78, 5) is 14.2. The summed E-state index contributed by atoms with van der Waals surface area (Å²) in [5, 5.41) is 0. The van der Waals surface area contributed by atoms with E-state index in [9.17, 15) is 13.6 Å². The highest BCUT2D eigenvalue weighted by Crippen LogP contribution is 2.28. The first-order valence-electron chi connectivity index (χ1n) is 4.01. The van der Waals surface area contributed by atoms with E-state index in [1.165, 1.54) is 7.11 Å². The monoisotopic (exact) mass is 235 g/mol. The molecule has 1 aromatic heterocycles. The van der Waals surface area contributed by atoms with Crippen molar-refractivity contribution in [2.24, 2.45) is 0 Å². The van der Waals surface area contributed by atoms with E-state index in [-0.39, 0.29) is 29.3 Å². The molecule has 0 amide bonds. The van der Waals surface area contributed by atoms with Crippen molar-refractivity contribution in [3.05, 3.63) is 23.0 Å². The minimum Gasteiger partial charge on any atom is -0.495 e. The number of ether oxygens (including phenoxy) is 1. The van der Waals surface area contributed by atoms with E-state index in [1.54, 1.807) is 0 Å². The fourth-order valence-corrected chi connectivity index (χ4v) is 1.30. The van der Waals surface area contributed by atoms with Gasteiger partial charge in [0.05, 0.1) is 24.2 Å². The van der Waals surface area contributed by atoms with E-state index in [0.29, 0.717) is 0 Å². The first-order valence-corrected chi connectivity index (χ1v) is 4.54. The summed E-state index contributed by atoms with van der Waals surface area (Å²) in [5.41, 5.74) is -0.483. The molecular weight excluding hydrogens is 228 g/mol. The molecule has 0 aliphatic rings. The molecule has 0 atom stereocenters. The normalized spacial score (nSPS) is 10.5. The number of aromatic nitrogens is 1. The van der Waals surface area contributed by atoms with Gasteiger partial charge in [-0.2, -0.15) is 0 Å². The van der Waals surface area contributed by atoms with Gasteiger partial charge < -0.3 is 4.74 Å². The zero-order valence-corrected chi connectivity index (χ0v) is 8.59. The predicted molar refractivity (Wildman–Crippen MR) is 50.7 cm³/mol. The van der Waals surface area contributed by atoms with Crippen molar-refractivity contribution >= 4 is 17.9 Å². The first-order chi connectivity index (χ1) is 7.13. The van der Waals surface area contributed by atoms with Crippen LogP contribution in [0.3, 0.4) is 0 Å². The molecule has 0 spiro atoms. The van der Waals surface area contributed by atoms with Crippen molar-refractivity contribution in [3.63, 3.8) is 0 Å². The molecule has 1 rings (SSSR count). The molecule has 0 unspecified atom stereocenters. The van der Waals surface area contributed by atoms with Gasteiger partial charge in [0.15, 0.2) is 6.29 Å². The molecule has 0 fully saturated rings. The number of hydrogen-bond acceptors (Lipinski definition) is 3. The van der Waals surface area contributed by atoms with E-state index in [2.05, 4.69) is 4.98 Å². The third kappa shape index (κ3) is 2.41. The lowest BCUT2D eigenvalue weighted by Crippen LogP contribution is -2.03. The Balaban J connectivity index is 3.34. The Morgan fingerprint density at radius 1 is 1.67 bits per heavy atom. The van der Waals surface area contributed by atoms with Crippen molar-refractivity contribution in [1.82, 2.24) is 4.98 Å². The molecule has 0 aliphatic carbocycles. The van der Waals surface area contributed by atoms with Crippen molar-refractivity contribution in [2.45, 2.75) is 12.3 Å². The first kappa shape index (κ1) is 11.8. The number of alkyl halides is 3. The molecule has 0 aromatic carbocycles. The van der Waals surface area contributed by atoms with Gasteiger partial charge in [-0.3, -0.25) is 4.79 Å². The average Bonchev–Trinajstić information content (AvgIpc) is 2.26. The number of hydrogen-bond donors (Lipinski definition) is 0. The Morgan fingerprint density at radius 3 is 2.73 bits per heavy atom. The van der Waals surface area contributed by atoms with Crippen LogP contribution in [-0.4, -0.2) is 18.4 Å². The highest BCUT2D eigenvalue weighted by atomic mass is 35.5. The van der Waals surface area contributed by atoms with E-state index >= 15 is 0 Å². The lowest BCUT2D eigenvalue weighted by molar-refractivity contribution is 0.110. The predicted octanol–water partition coefficient (Wildman–Crippen LogP) is 2.58. The number of pyridine rings is 1. The molecule has 3 nitrogen and oxygen atoms in total. The minimum atomic E-state index is -2.77. The van der Waals surface area contributed by atoms with Gasteiger partial charge in [0, 0.05) is 0 Å². The Hall–Kier alpha value is -1.23. The molecule has 0 N–H and O–H groups in total. The molecule has 15 heavy (non-hydrogen) atoms. The van der Waals surface area contributed by atoms with Crippen LogP contribution >= 0.6 is 11.6 Å². The number of carbonyl (C=O) groups excluding carboxylic acids is 1. The smallest absolute Gasteiger partial charge is 0.266 e. The third-order valence-electron chi connectivity index (χ3n) is 1.82. The van der Waals surface area contributed by atoms with Crippen LogP contribution in [0.5, 0.6) is 5.75 Å². The van der Waals surface area contributed by atoms with Gasteiger partial charge >= 0.3 is 0 Å². The highest BCUT2D eigenvalue weighted by Gasteiger charge is 2.18. The molecule has 1 aromatic rings. The molecule has 0 saturated heterocycles. The molecule has 0 radical (unpaired) electrons. The lowest BCUT2D eigenvalue weighted by atomic mass is 10.2. The summed E-state index contributed by atoms with van der Waals surface area (Å²) in [5.74, 6) is 0.152. The largest absolute Gasteiger partial charge is 0.495 e. The van der Waals surface area contributed by atoms with Gasteiger partial charge in [-0.1, -0.05) is 0 Å². The number of rotatable bonds is 4. The maximum absolute atomic E-state index is 12.5. The van der Waals surface area contributed by atoms with Gasteiger partial charge in [0.2, 0.25) is 0 Å². The maximum atomic E-state index is 12.5. The maximum Gasteiger partial charge on any atom is 0.266 e. The second-order valence-corrected chi connectivity index (χ2v) is 2.93. The Labute approximate surface area is 90.0 Å². The van der Waals surface area contributed by atoms with E-state index in [1.807, 2.05) is 0 Å². The summed E-state index contributed by atoms with van der Waals surface area (Å²) in [7, 11) is 1.32. The average molecular weight is 236 g/mol. The van der Waals surface area contributed by atoms with Gasteiger partial charge in [-0.05, 0) is 6.07 Å². The van der Waals surface area contributed by atoms with Crippen LogP contribution in [0.15, 0.2) is 6.07 Å². The molecule has 6 heteroatoms. The standard InChI is InChI=1S/C9H8ClF2NO2/c1-15-8-2-5(9(11)12)7(4-14)13-6(8)3-10/h2,4,9H,3H2,1H3. The van der Waals surface area contributed by atoms with Crippen LogP contribution in [0.4, 0.5) is 8.78 Å². The SMILES string of the molecule is COc1cc(C(F)F)c(C=O)nc1CCl. The molecule has 0 aliphatic heterocycles. The van der Waals surface area contributed by atoms with Crippen molar-refractivity contribution in [3.8, 4) is 5.75 Å². The van der Waals surface area contributed by atoms with Crippen LogP contribution in [-0.2, 0) is 5.88 Å². The second-order valence-electron chi connectivity index (χ2n) is 2.66. The fourth-order valence-electron chi connectivity index (χ4n) is 1.11. The Morgan fingerprint density at radius 2 is 2.33 bits per heavy atom. The topological polar surface area (TPSA) is 39.2 Å². The van der Waals surface area contributed by atoms with Crippen LogP contribution < -0.4 is 4.74 Å². The summed E-state index contributed by atoms with van der Waals surface area (Å²) in [6.07, 6.45) is -2.49. The van der Waals surface area contributed by atoms with Crippen LogP contribution in [0.1, 0.15) is 28.2 Å². The van der Waals surface area contributed by atoms with E-state index in [0.717, 1.165) is 6.07 Å². The summed E-state index contributed by atoms with van der Waals surface area (Å²) >= 11 is 5.53. The van der Waals surface area contributed by atoms with Gasteiger partial charge in [-0.25, -0.2) is 13.8 Å². The molecule has 0 bridgehead atoms. The minimum absolute atomic E-state index is 0.00642. The second kappa shape index (κ2) is 5.02. The van der Waals surface area contributed by atoms with Crippen LogP contribution in [0, 0.1) is 0 Å². The number of halogens is 3. The van der Waals surface area contributed by atoms with Crippen LogP contribution in [0.25, 0.3) is 0 Å². The van der Waals surface area contributed by atoms with Crippen molar-refractivity contribution in [2.75, 3.05) is 7.11 Å². The number of aldehydes is 1. The number of methoxy groups -OCH3 is 1. The number of carbonyl (C=O) groups is 1. The Kier molecular flexibility index (Phi) is 3.96. The quantitative estimate of drug-likeness (QED) is 0.595. The van der Waals surface area contributed by atoms with Crippen molar-refractivity contribution in [1.29, 1.82) is 0 Å². The molecular formula is C9H8ClF2NO2. The van der Waals surface area contributed by atoms with E-state index in [4.69, 9.17) is 16.3 Å². The number of nitrogens with zero attached hydrogens (tertiary/aromatic N) is 1. The van der Waals surface area contributed by atoms with Gasteiger partial charge in [-0.15, -0.1) is 11.6 Å². The van der Waals surface area contributed by atoms with Gasteiger partial charge in [0.25, 0.3) is 6.43 Å². The Bertz CT molecular complexity index is 371. The molecule has 82 valence electrons. The summed E-state index contributed by atoms with van der Waals surface area (Å²) < 4.78 is 29.8. The molecule has 1 heterocycles. The summed E-state index contributed by atoms with van der Waals surface area (Å²) in [6.45, 7) is 0. The van der Waals surface area contributed by atoms with Crippen molar-refractivity contribution < 1.29 is 18.3 Å². The highest BCUT2D eigenvalue weighted by molar-refractivity contribution is 6.17. The zero-order valence-electron chi connectivity index (χ0n) is 7.84. The lowest BCUT2D eigenvalue weighted by Gasteiger charge is -2.09. The van der Waals surface area contributed by atoms with Crippen LogP contribution in [0.2, 0.25) is 0 Å². The fraction of sp³-hybridized carbons (Fsp3) is 0.333. The van der Waals surface area contributed by atoms with E-state index < -0.39 is 12.0 Å². The molecule has 0 saturated carbocycles. The zero-order chi connectivity index (χ0) is 11.4. The van der Waals surface area contributed by atoms with Gasteiger partial charge in [0.1, 0.15) is 11.4 Å².